The second kappa shape index (κ2) is 6.44. The standard InChI is InChI=1S/C14H17F3N2O2/c15-14(16,17)11-4-9(7-18)5-12(6-11)19-13(20)10-2-1-3-21-8-10/h4-6,10H,1-3,7-8,18H2,(H,19,20). The molecule has 4 nitrogen and oxygen atoms in total. The number of benzene rings is 1. The molecule has 0 bridgehead atoms. The number of rotatable bonds is 3. The number of anilines is 1. The van der Waals surface area contributed by atoms with Crippen molar-refractivity contribution in [2.24, 2.45) is 11.7 Å². The maximum absolute atomic E-state index is 12.8. The zero-order chi connectivity index (χ0) is 15.5. The van der Waals surface area contributed by atoms with Gasteiger partial charge in [-0.15, -0.1) is 0 Å². The van der Waals surface area contributed by atoms with Crippen LogP contribution in [0.5, 0.6) is 0 Å². The third kappa shape index (κ3) is 4.18. The fourth-order valence-corrected chi connectivity index (χ4v) is 2.24. The number of ether oxygens (including phenoxy) is 1. The van der Waals surface area contributed by atoms with E-state index in [-0.39, 0.29) is 24.1 Å². The highest BCUT2D eigenvalue weighted by atomic mass is 19.4. The average molecular weight is 302 g/mol. The van der Waals surface area contributed by atoms with Crippen LogP contribution in [0.25, 0.3) is 0 Å². The zero-order valence-electron chi connectivity index (χ0n) is 11.4. The number of nitrogens with two attached hydrogens (primary N) is 1. The van der Waals surface area contributed by atoms with Gasteiger partial charge >= 0.3 is 6.18 Å². The molecule has 21 heavy (non-hydrogen) atoms. The number of amides is 1. The Kier molecular flexibility index (Phi) is 4.84. The van der Waals surface area contributed by atoms with Crippen LogP contribution < -0.4 is 11.1 Å². The van der Waals surface area contributed by atoms with E-state index < -0.39 is 11.7 Å². The summed E-state index contributed by atoms with van der Waals surface area (Å²) in [4.78, 5) is 12.0. The van der Waals surface area contributed by atoms with E-state index in [9.17, 15) is 18.0 Å². The Morgan fingerprint density at radius 3 is 2.71 bits per heavy atom. The molecule has 1 atom stereocenters. The molecule has 1 unspecified atom stereocenters. The lowest BCUT2D eigenvalue weighted by atomic mass is 10.0. The van der Waals surface area contributed by atoms with Gasteiger partial charge in [0.15, 0.2) is 0 Å². The van der Waals surface area contributed by atoms with Gasteiger partial charge in [0.1, 0.15) is 0 Å². The molecule has 1 fully saturated rings. The molecule has 1 aliphatic heterocycles. The van der Waals surface area contributed by atoms with Crippen LogP contribution in [0.2, 0.25) is 0 Å². The molecule has 1 aromatic rings. The molecule has 0 spiro atoms. The van der Waals surface area contributed by atoms with Crippen LogP contribution in [0.1, 0.15) is 24.0 Å². The number of hydrogen-bond donors (Lipinski definition) is 2. The molecule has 1 amide bonds. The Morgan fingerprint density at radius 2 is 2.14 bits per heavy atom. The zero-order valence-corrected chi connectivity index (χ0v) is 11.4. The molecule has 2 rings (SSSR count). The molecule has 3 N–H and O–H groups in total. The quantitative estimate of drug-likeness (QED) is 0.902. The molecule has 116 valence electrons. The van der Waals surface area contributed by atoms with Gasteiger partial charge in [0.25, 0.3) is 0 Å². The van der Waals surface area contributed by atoms with E-state index >= 15 is 0 Å². The Balaban J connectivity index is 2.16. The molecule has 1 aliphatic rings. The highest BCUT2D eigenvalue weighted by Gasteiger charge is 2.31. The molecule has 0 aliphatic carbocycles. The Morgan fingerprint density at radius 1 is 1.38 bits per heavy atom. The Hall–Kier alpha value is -1.60. The van der Waals surface area contributed by atoms with Gasteiger partial charge in [0.05, 0.1) is 18.1 Å². The molecule has 0 saturated carbocycles. The van der Waals surface area contributed by atoms with Crippen LogP contribution in [0.15, 0.2) is 18.2 Å². The van der Waals surface area contributed by atoms with Crippen molar-refractivity contribution in [2.45, 2.75) is 25.6 Å². The molecule has 1 saturated heterocycles. The molecular weight excluding hydrogens is 285 g/mol. The monoisotopic (exact) mass is 302 g/mol. The Bertz CT molecular complexity index is 511. The van der Waals surface area contributed by atoms with E-state index in [0.717, 1.165) is 18.6 Å². The van der Waals surface area contributed by atoms with Crippen molar-refractivity contribution in [3.8, 4) is 0 Å². The first-order valence-corrected chi connectivity index (χ1v) is 6.70. The van der Waals surface area contributed by atoms with E-state index in [0.29, 0.717) is 25.2 Å². The molecule has 0 aromatic heterocycles. The fraction of sp³-hybridized carbons (Fsp3) is 0.500. The minimum absolute atomic E-state index is 0.0284. The third-order valence-corrected chi connectivity index (χ3v) is 3.35. The van der Waals surface area contributed by atoms with Gasteiger partial charge < -0.3 is 15.8 Å². The van der Waals surface area contributed by atoms with Crippen LogP contribution >= 0.6 is 0 Å². The number of alkyl halides is 3. The minimum Gasteiger partial charge on any atom is -0.381 e. The number of hydrogen-bond acceptors (Lipinski definition) is 3. The van der Waals surface area contributed by atoms with Crippen LogP contribution in [0, 0.1) is 5.92 Å². The van der Waals surface area contributed by atoms with E-state index in [2.05, 4.69) is 5.32 Å². The number of carbonyl (C=O) groups excluding carboxylic acids is 1. The first kappa shape index (κ1) is 15.8. The van der Waals surface area contributed by atoms with Gasteiger partial charge in [-0.25, -0.2) is 0 Å². The van der Waals surface area contributed by atoms with Crippen LogP contribution in [-0.4, -0.2) is 19.1 Å². The van der Waals surface area contributed by atoms with Crippen LogP contribution in [0.3, 0.4) is 0 Å². The first-order chi connectivity index (χ1) is 9.90. The summed E-state index contributed by atoms with van der Waals surface area (Å²) < 4.78 is 43.6. The average Bonchev–Trinajstić information content (AvgIpc) is 2.46. The topological polar surface area (TPSA) is 64.3 Å². The largest absolute Gasteiger partial charge is 0.416 e. The van der Waals surface area contributed by atoms with Gasteiger partial charge in [-0.2, -0.15) is 13.2 Å². The normalized spacial score (nSPS) is 19.3. The molecule has 1 aromatic carbocycles. The second-order valence-corrected chi connectivity index (χ2v) is 5.02. The van der Waals surface area contributed by atoms with E-state index in [1.807, 2.05) is 0 Å². The highest BCUT2D eigenvalue weighted by Crippen LogP contribution is 2.32. The first-order valence-electron chi connectivity index (χ1n) is 6.70. The van der Waals surface area contributed by atoms with Crippen molar-refractivity contribution in [1.82, 2.24) is 0 Å². The summed E-state index contributed by atoms with van der Waals surface area (Å²) in [7, 11) is 0. The Labute approximate surface area is 120 Å². The second-order valence-electron chi connectivity index (χ2n) is 5.02. The van der Waals surface area contributed by atoms with Crippen molar-refractivity contribution in [3.63, 3.8) is 0 Å². The van der Waals surface area contributed by atoms with Crippen molar-refractivity contribution in [1.29, 1.82) is 0 Å². The SMILES string of the molecule is NCc1cc(NC(=O)C2CCCOC2)cc(C(F)(F)F)c1. The summed E-state index contributed by atoms with van der Waals surface area (Å²) in [5, 5.41) is 2.52. The lowest BCUT2D eigenvalue weighted by molar-refractivity contribution is -0.137. The van der Waals surface area contributed by atoms with Gasteiger partial charge in [0, 0.05) is 18.8 Å². The lowest BCUT2D eigenvalue weighted by Gasteiger charge is -2.21. The van der Waals surface area contributed by atoms with Crippen molar-refractivity contribution < 1.29 is 22.7 Å². The number of halogens is 3. The minimum atomic E-state index is -4.47. The van der Waals surface area contributed by atoms with Crippen molar-refractivity contribution >= 4 is 11.6 Å². The lowest BCUT2D eigenvalue weighted by Crippen LogP contribution is -2.30. The molecule has 7 heteroatoms. The molecular formula is C14H17F3N2O2. The maximum atomic E-state index is 12.8. The van der Waals surface area contributed by atoms with Gasteiger partial charge in [0.2, 0.25) is 5.91 Å². The summed E-state index contributed by atoms with van der Waals surface area (Å²) >= 11 is 0. The van der Waals surface area contributed by atoms with Gasteiger partial charge in [-0.1, -0.05) is 0 Å². The molecule has 1 heterocycles. The number of nitrogens with one attached hydrogen (secondary N) is 1. The fourth-order valence-electron chi connectivity index (χ4n) is 2.24. The number of carbonyl (C=O) groups is 1. The summed E-state index contributed by atoms with van der Waals surface area (Å²) in [6.07, 6.45) is -3.03. The van der Waals surface area contributed by atoms with Gasteiger partial charge in [-0.3, -0.25) is 4.79 Å². The van der Waals surface area contributed by atoms with E-state index in [1.54, 1.807) is 0 Å². The summed E-state index contributed by atoms with van der Waals surface area (Å²) in [5.41, 5.74) is 5.02. The summed E-state index contributed by atoms with van der Waals surface area (Å²) in [5.74, 6) is -0.647. The smallest absolute Gasteiger partial charge is 0.381 e. The van der Waals surface area contributed by atoms with Gasteiger partial charge in [-0.05, 0) is 36.6 Å². The van der Waals surface area contributed by atoms with Crippen molar-refractivity contribution in [2.75, 3.05) is 18.5 Å². The van der Waals surface area contributed by atoms with E-state index in [1.165, 1.54) is 6.07 Å². The van der Waals surface area contributed by atoms with Crippen LogP contribution in [-0.2, 0) is 22.3 Å². The summed E-state index contributed by atoms with van der Waals surface area (Å²) in [6.45, 7) is 0.887. The van der Waals surface area contributed by atoms with E-state index in [4.69, 9.17) is 10.5 Å². The van der Waals surface area contributed by atoms with Crippen LogP contribution in [0.4, 0.5) is 18.9 Å². The summed E-state index contributed by atoms with van der Waals surface area (Å²) in [6, 6.07) is 3.36. The molecule has 0 radical (unpaired) electrons. The highest BCUT2D eigenvalue weighted by molar-refractivity contribution is 5.92. The predicted octanol–water partition coefficient (Wildman–Crippen LogP) is 2.53. The third-order valence-electron chi connectivity index (χ3n) is 3.35. The predicted molar refractivity (Wildman–Crippen MR) is 71.5 cm³/mol. The van der Waals surface area contributed by atoms with Crippen molar-refractivity contribution in [3.05, 3.63) is 29.3 Å². The maximum Gasteiger partial charge on any atom is 0.416 e.